The number of methoxy groups -OCH3 is 1. The Kier molecular flexibility index (Phi) is 3.25. The Bertz CT molecular complexity index is 341. The van der Waals surface area contributed by atoms with Gasteiger partial charge in [0.15, 0.2) is 0 Å². The minimum Gasteiger partial charge on any atom is -0.383 e. The van der Waals surface area contributed by atoms with Crippen LogP contribution in [-0.4, -0.2) is 18.3 Å². The van der Waals surface area contributed by atoms with E-state index in [0.29, 0.717) is 13.2 Å². The fraction of sp³-hybridized carbons (Fsp3) is 0.500. The quantitative estimate of drug-likeness (QED) is 0.699. The van der Waals surface area contributed by atoms with Crippen LogP contribution in [0.25, 0.3) is 0 Å². The highest BCUT2D eigenvalue weighted by Crippen LogP contribution is 1.96. The van der Waals surface area contributed by atoms with Crippen molar-refractivity contribution in [3.05, 3.63) is 33.7 Å². The number of nitrogens with zero attached hydrogens (tertiary/aromatic N) is 1. The van der Waals surface area contributed by atoms with Gasteiger partial charge in [0.25, 0.3) is 5.56 Å². The van der Waals surface area contributed by atoms with E-state index in [2.05, 4.69) is 0 Å². The third-order valence-electron chi connectivity index (χ3n) is 2.10. The van der Waals surface area contributed by atoms with E-state index in [1.165, 1.54) is 0 Å². The molecule has 0 N–H and O–H groups in total. The Morgan fingerprint density at radius 2 is 2.08 bits per heavy atom. The predicted molar refractivity (Wildman–Crippen MR) is 52.1 cm³/mol. The summed E-state index contributed by atoms with van der Waals surface area (Å²) in [5, 5.41) is 0. The number of ether oxygens (including phenoxy) is 1. The van der Waals surface area contributed by atoms with Crippen molar-refractivity contribution in [3.63, 3.8) is 0 Å². The molecule has 0 aromatic carbocycles. The van der Waals surface area contributed by atoms with Crippen molar-refractivity contribution in [2.24, 2.45) is 0 Å². The highest BCUT2D eigenvalue weighted by atomic mass is 16.5. The lowest BCUT2D eigenvalue weighted by molar-refractivity contribution is 0.185. The summed E-state index contributed by atoms with van der Waals surface area (Å²) in [5.74, 6) is 0. The monoisotopic (exact) mass is 181 g/mol. The zero-order chi connectivity index (χ0) is 9.84. The molecule has 0 bridgehead atoms. The van der Waals surface area contributed by atoms with Crippen LogP contribution in [0.2, 0.25) is 0 Å². The first kappa shape index (κ1) is 9.99. The maximum Gasteiger partial charge on any atom is 0.253 e. The van der Waals surface area contributed by atoms with E-state index in [0.717, 1.165) is 11.3 Å². The molecule has 1 heterocycles. The van der Waals surface area contributed by atoms with Gasteiger partial charge in [-0.05, 0) is 19.9 Å². The molecule has 0 aliphatic rings. The minimum absolute atomic E-state index is 0.0806. The molecule has 0 spiro atoms. The number of aromatic nitrogens is 1. The molecule has 0 saturated carbocycles. The summed E-state index contributed by atoms with van der Waals surface area (Å²) in [5.41, 5.74) is 1.84. The summed E-state index contributed by atoms with van der Waals surface area (Å²) < 4.78 is 6.67. The molecule has 0 saturated heterocycles. The fourth-order valence-corrected chi connectivity index (χ4v) is 1.24. The van der Waals surface area contributed by atoms with E-state index in [-0.39, 0.29) is 5.56 Å². The van der Waals surface area contributed by atoms with Crippen molar-refractivity contribution in [1.82, 2.24) is 4.57 Å². The molecular formula is C10H15NO2. The Morgan fingerprint density at radius 1 is 1.38 bits per heavy atom. The van der Waals surface area contributed by atoms with Crippen molar-refractivity contribution in [1.29, 1.82) is 0 Å². The van der Waals surface area contributed by atoms with E-state index < -0.39 is 0 Å². The van der Waals surface area contributed by atoms with Crippen LogP contribution in [0.5, 0.6) is 0 Å². The number of hydrogen-bond donors (Lipinski definition) is 0. The Labute approximate surface area is 78.0 Å². The zero-order valence-corrected chi connectivity index (χ0v) is 8.33. The van der Waals surface area contributed by atoms with Crippen molar-refractivity contribution in [2.75, 3.05) is 13.7 Å². The molecule has 3 heteroatoms. The maximum atomic E-state index is 11.6. The van der Waals surface area contributed by atoms with E-state index in [9.17, 15) is 4.79 Å². The average Bonchev–Trinajstić information content (AvgIpc) is 2.12. The van der Waals surface area contributed by atoms with E-state index in [4.69, 9.17) is 4.74 Å². The third-order valence-corrected chi connectivity index (χ3v) is 2.10. The summed E-state index contributed by atoms with van der Waals surface area (Å²) in [6.45, 7) is 4.95. The van der Waals surface area contributed by atoms with Gasteiger partial charge in [0.05, 0.1) is 6.61 Å². The van der Waals surface area contributed by atoms with E-state index in [1.807, 2.05) is 26.0 Å². The maximum absolute atomic E-state index is 11.6. The van der Waals surface area contributed by atoms with Gasteiger partial charge in [0.1, 0.15) is 0 Å². The summed E-state index contributed by atoms with van der Waals surface area (Å²) >= 11 is 0. The Hall–Kier alpha value is -1.09. The lowest BCUT2D eigenvalue weighted by atomic mass is 10.2. The summed E-state index contributed by atoms with van der Waals surface area (Å²) in [4.78, 5) is 11.6. The molecule has 1 aromatic rings. The highest BCUT2D eigenvalue weighted by molar-refractivity contribution is 5.13. The molecule has 0 aliphatic heterocycles. The molecule has 13 heavy (non-hydrogen) atoms. The van der Waals surface area contributed by atoms with Crippen LogP contribution in [0.15, 0.2) is 16.9 Å². The molecule has 0 radical (unpaired) electrons. The van der Waals surface area contributed by atoms with Crippen LogP contribution < -0.4 is 5.56 Å². The average molecular weight is 181 g/mol. The van der Waals surface area contributed by atoms with Crippen LogP contribution in [-0.2, 0) is 11.3 Å². The Balaban J connectivity index is 3.03. The second-order valence-corrected chi connectivity index (χ2v) is 3.11. The van der Waals surface area contributed by atoms with Crippen LogP contribution in [0.3, 0.4) is 0 Å². The van der Waals surface area contributed by atoms with Crippen molar-refractivity contribution >= 4 is 0 Å². The standard InChI is InChI=1S/C10H15NO2/c1-8-4-5-9(2)11(10(8)12)6-7-13-3/h4-5H,6-7H2,1-3H3. The van der Waals surface area contributed by atoms with Gasteiger partial charge in [-0.15, -0.1) is 0 Å². The summed E-state index contributed by atoms with van der Waals surface area (Å²) in [6, 6.07) is 3.80. The van der Waals surface area contributed by atoms with Crippen LogP contribution in [0, 0.1) is 13.8 Å². The number of pyridine rings is 1. The van der Waals surface area contributed by atoms with Gasteiger partial charge in [-0.2, -0.15) is 0 Å². The molecule has 0 fully saturated rings. The van der Waals surface area contributed by atoms with Gasteiger partial charge in [0.2, 0.25) is 0 Å². The van der Waals surface area contributed by atoms with Crippen molar-refractivity contribution in [3.8, 4) is 0 Å². The summed E-state index contributed by atoms with van der Waals surface area (Å²) in [6.07, 6.45) is 0. The summed E-state index contributed by atoms with van der Waals surface area (Å²) in [7, 11) is 1.64. The fourth-order valence-electron chi connectivity index (χ4n) is 1.24. The highest BCUT2D eigenvalue weighted by Gasteiger charge is 2.01. The predicted octanol–water partition coefficient (Wildman–Crippen LogP) is 1.11. The first-order valence-corrected chi connectivity index (χ1v) is 4.33. The molecule has 1 aromatic heterocycles. The third kappa shape index (κ3) is 2.18. The van der Waals surface area contributed by atoms with Gasteiger partial charge in [-0.25, -0.2) is 0 Å². The van der Waals surface area contributed by atoms with Gasteiger partial charge >= 0.3 is 0 Å². The smallest absolute Gasteiger partial charge is 0.253 e. The SMILES string of the molecule is COCCn1c(C)ccc(C)c1=O. The minimum atomic E-state index is 0.0806. The van der Waals surface area contributed by atoms with Gasteiger partial charge in [-0.3, -0.25) is 4.79 Å². The lowest BCUT2D eigenvalue weighted by Crippen LogP contribution is -2.25. The van der Waals surface area contributed by atoms with E-state index in [1.54, 1.807) is 11.7 Å². The molecule has 0 atom stereocenters. The second kappa shape index (κ2) is 4.23. The molecular weight excluding hydrogens is 166 g/mol. The van der Waals surface area contributed by atoms with E-state index >= 15 is 0 Å². The topological polar surface area (TPSA) is 31.2 Å². The first-order valence-electron chi connectivity index (χ1n) is 4.33. The lowest BCUT2D eigenvalue weighted by Gasteiger charge is -2.09. The molecule has 0 aliphatic carbocycles. The number of hydrogen-bond acceptors (Lipinski definition) is 2. The first-order chi connectivity index (χ1) is 6.16. The van der Waals surface area contributed by atoms with Crippen LogP contribution in [0.4, 0.5) is 0 Å². The van der Waals surface area contributed by atoms with Gasteiger partial charge < -0.3 is 9.30 Å². The van der Waals surface area contributed by atoms with Crippen molar-refractivity contribution < 1.29 is 4.74 Å². The number of rotatable bonds is 3. The Morgan fingerprint density at radius 3 is 2.69 bits per heavy atom. The van der Waals surface area contributed by atoms with Gasteiger partial charge in [0, 0.05) is 24.9 Å². The molecule has 72 valence electrons. The van der Waals surface area contributed by atoms with Crippen LogP contribution >= 0.6 is 0 Å². The molecule has 1 rings (SSSR count). The molecule has 3 nitrogen and oxygen atoms in total. The molecule has 0 amide bonds. The zero-order valence-electron chi connectivity index (χ0n) is 8.33. The second-order valence-electron chi connectivity index (χ2n) is 3.11. The largest absolute Gasteiger partial charge is 0.383 e. The molecule has 0 unspecified atom stereocenters. The normalized spacial score (nSPS) is 10.4. The number of aryl methyl sites for hydroxylation is 2. The van der Waals surface area contributed by atoms with Crippen molar-refractivity contribution in [2.45, 2.75) is 20.4 Å². The van der Waals surface area contributed by atoms with Crippen LogP contribution in [0.1, 0.15) is 11.3 Å². The van der Waals surface area contributed by atoms with Gasteiger partial charge in [-0.1, -0.05) is 6.07 Å².